The second-order valence-corrected chi connectivity index (χ2v) is 14.6. The molecule has 238 valence electrons. The van der Waals surface area contributed by atoms with Gasteiger partial charge in [0.2, 0.25) is 11.8 Å². The number of likely N-dealkylation sites (N-methyl/N-ethyl adjacent to an activating group) is 1. The van der Waals surface area contributed by atoms with Crippen molar-refractivity contribution >= 4 is 40.4 Å². The molecule has 2 aliphatic heterocycles. The Hall–Kier alpha value is -3.38. The first kappa shape index (κ1) is 32.0. The molecule has 0 bridgehead atoms. The van der Waals surface area contributed by atoms with Crippen LogP contribution in [0.1, 0.15) is 68.9 Å². The van der Waals surface area contributed by atoms with Gasteiger partial charge >= 0.3 is 5.69 Å². The number of nitrogens with zero attached hydrogens (tertiary/aromatic N) is 4. The van der Waals surface area contributed by atoms with Crippen molar-refractivity contribution in [2.24, 2.45) is 5.41 Å². The van der Waals surface area contributed by atoms with Crippen LogP contribution in [0.2, 0.25) is 0 Å². The van der Waals surface area contributed by atoms with E-state index in [0.717, 1.165) is 42.5 Å². The van der Waals surface area contributed by atoms with E-state index in [1.165, 1.54) is 17.8 Å². The number of carbonyl (C=O) groups is 2. The third-order valence-electron chi connectivity index (χ3n) is 8.51. The molecule has 3 N–H and O–H groups in total. The fourth-order valence-corrected chi connectivity index (χ4v) is 7.51. The second-order valence-electron chi connectivity index (χ2n) is 13.3. The summed E-state index contributed by atoms with van der Waals surface area (Å²) in [6.07, 6.45) is 4.12. The number of halogens is 1. The van der Waals surface area contributed by atoms with Crippen LogP contribution in [0.15, 0.2) is 35.3 Å². The highest BCUT2D eigenvalue weighted by molar-refractivity contribution is 8.01. The highest BCUT2D eigenvalue weighted by Crippen LogP contribution is 2.47. The average Bonchev–Trinajstić information content (AvgIpc) is 3.50. The number of benzene rings is 1. The lowest BCUT2D eigenvalue weighted by Crippen LogP contribution is -2.40. The van der Waals surface area contributed by atoms with Crippen molar-refractivity contribution in [2.45, 2.75) is 63.0 Å². The Morgan fingerprint density at radius 2 is 1.89 bits per heavy atom. The molecule has 2 atom stereocenters. The van der Waals surface area contributed by atoms with Crippen LogP contribution in [-0.4, -0.2) is 93.5 Å². The molecule has 1 aromatic carbocycles. The van der Waals surface area contributed by atoms with Gasteiger partial charge in [-0.3, -0.25) is 14.6 Å². The van der Waals surface area contributed by atoms with Crippen LogP contribution < -0.4 is 11.0 Å². The normalized spacial score (nSPS) is 19.8. The maximum atomic E-state index is 15.1. The van der Waals surface area contributed by atoms with Crippen LogP contribution >= 0.6 is 11.8 Å². The summed E-state index contributed by atoms with van der Waals surface area (Å²) in [4.78, 5) is 54.8. The summed E-state index contributed by atoms with van der Waals surface area (Å²) in [5.74, 6) is -0.249. The molecule has 0 aliphatic carbocycles. The lowest BCUT2D eigenvalue weighted by atomic mass is 9.89. The van der Waals surface area contributed by atoms with Crippen LogP contribution in [0.25, 0.3) is 11.2 Å². The molecule has 2 aromatic heterocycles. The minimum Gasteiger partial charge on any atom is -0.381 e. The van der Waals surface area contributed by atoms with Crippen LogP contribution in [0.4, 0.5) is 10.1 Å². The van der Waals surface area contributed by atoms with Crippen LogP contribution in [0.3, 0.4) is 0 Å². The van der Waals surface area contributed by atoms with Gasteiger partial charge in [-0.2, -0.15) is 0 Å². The summed E-state index contributed by atoms with van der Waals surface area (Å²) in [5, 5.41) is 2.35. The summed E-state index contributed by atoms with van der Waals surface area (Å²) in [6, 6.07) is 6.96. The van der Waals surface area contributed by atoms with Crippen molar-refractivity contribution in [3.63, 3.8) is 0 Å². The Kier molecular flexibility index (Phi) is 9.69. The van der Waals surface area contributed by atoms with Gasteiger partial charge in [0.25, 0.3) is 0 Å². The number of pyridine rings is 1. The number of piperidine rings is 1. The number of anilines is 1. The fraction of sp³-hybridized carbons (Fsp3) is 0.562. The topological polar surface area (TPSA) is 117 Å². The van der Waals surface area contributed by atoms with E-state index in [1.54, 1.807) is 12.3 Å². The number of imidazole rings is 1. The van der Waals surface area contributed by atoms with E-state index in [0.29, 0.717) is 37.5 Å². The van der Waals surface area contributed by atoms with Gasteiger partial charge in [-0.1, -0.05) is 32.9 Å². The molecule has 3 aromatic rings. The molecular formula is C32H44FN7O3S. The zero-order valence-electron chi connectivity index (χ0n) is 26.3. The van der Waals surface area contributed by atoms with Gasteiger partial charge in [-0.25, -0.2) is 14.2 Å². The molecule has 2 fully saturated rings. The number of hydrogen-bond donors (Lipinski definition) is 3. The largest absolute Gasteiger partial charge is 0.381 e. The number of aromatic amines is 2. The van der Waals surface area contributed by atoms with Crippen LogP contribution in [0.5, 0.6) is 0 Å². The molecular weight excluding hydrogens is 581 g/mol. The highest BCUT2D eigenvalue weighted by Gasteiger charge is 2.44. The molecule has 5 rings (SSSR count). The molecule has 44 heavy (non-hydrogen) atoms. The number of aromatic nitrogens is 3. The minimum atomic E-state index is -0.534. The first-order valence-corrected chi connectivity index (χ1v) is 16.3. The monoisotopic (exact) mass is 625 g/mol. The third-order valence-corrected chi connectivity index (χ3v) is 9.97. The lowest BCUT2D eigenvalue weighted by molar-refractivity contribution is -0.136. The predicted molar refractivity (Wildman–Crippen MR) is 173 cm³/mol. The Labute approximate surface area is 262 Å². The Bertz CT molecular complexity index is 1540. The van der Waals surface area contributed by atoms with E-state index in [9.17, 15) is 14.4 Å². The highest BCUT2D eigenvalue weighted by atomic mass is 32.2. The van der Waals surface area contributed by atoms with Gasteiger partial charge in [-0.05, 0) is 62.4 Å². The molecule has 0 saturated carbocycles. The summed E-state index contributed by atoms with van der Waals surface area (Å²) < 4.78 is 15.1. The number of carbonyl (C=O) groups excluding carboxylic acids is 2. The van der Waals surface area contributed by atoms with Crippen molar-refractivity contribution < 1.29 is 14.0 Å². The lowest BCUT2D eigenvalue weighted by Gasteiger charge is -2.32. The first-order chi connectivity index (χ1) is 20.9. The van der Waals surface area contributed by atoms with E-state index >= 15 is 4.39 Å². The van der Waals surface area contributed by atoms with Crippen molar-refractivity contribution in [2.75, 3.05) is 52.1 Å². The van der Waals surface area contributed by atoms with Gasteiger partial charge in [0.05, 0.1) is 16.5 Å². The van der Waals surface area contributed by atoms with Gasteiger partial charge in [0, 0.05) is 50.9 Å². The third kappa shape index (κ3) is 7.28. The number of fused-ring (bicyclic) bond motifs is 1. The summed E-state index contributed by atoms with van der Waals surface area (Å²) in [5.41, 5.74) is 3.19. The molecule has 2 saturated heterocycles. The van der Waals surface area contributed by atoms with E-state index in [-0.39, 0.29) is 46.4 Å². The SMILES string of the molecule is CN(C)CCNc1c(F)cccc1C1S[C@@H](CC(=O)N2CCC(c3ccnc4[nH]c(=O)[nH]c34)CC2)C(=O)N1CCC(C)(C)C. The van der Waals surface area contributed by atoms with Gasteiger partial charge in [0.15, 0.2) is 5.65 Å². The maximum Gasteiger partial charge on any atom is 0.325 e. The maximum absolute atomic E-state index is 15.1. The Balaban J connectivity index is 1.29. The van der Waals surface area contributed by atoms with Crippen molar-refractivity contribution in [1.29, 1.82) is 0 Å². The summed E-state index contributed by atoms with van der Waals surface area (Å²) in [6.45, 7) is 9.41. The van der Waals surface area contributed by atoms with E-state index in [2.05, 4.69) is 41.0 Å². The molecule has 1 unspecified atom stereocenters. The Morgan fingerprint density at radius 3 is 2.59 bits per heavy atom. The molecule has 0 spiro atoms. The number of thioether (sulfide) groups is 1. The number of nitrogens with one attached hydrogen (secondary N) is 3. The van der Waals surface area contributed by atoms with E-state index in [4.69, 9.17) is 0 Å². The number of likely N-dealkylation sites (tertiary alicyclic amines) is 1. The van der Waals surface area contributed by atoms with Gasteiger partial charge in [-0.15, -0.1) is 11.8 Å². The zero-order chi connectivity index (χ0) is 31.6. The number of hydrogen-bond acceptors (Lipinski definition) is 7. The quantitative estimate of drug-likeness (QED) is 0.303. The number of H-pyrrole nitrogens is 2. The summed E-state index contributed by atoms with van der Waals surface area (Å²) >= 11 is 1.45. The van der Waals surface area contributed by atoms with E-state index < -0.39 is 5.25 Å². The zero-order valence-corrected chi connectivity index (χ0v) is 27.1. The first-order valence-electron chi connectivity index (χ1n) is 15.4. The molecule has 0 radical (unpaired) electrons. The summed E-state index contributed by atoms with van der Waals surface area (Å²) in [7, 11) is 3.94. The minimum absolute atomic E-state index is 0.0102. The van der Waals surface area contributed by atoms with Gasteiger partial charge < -0.3 is 25.0 Å². The standard InChI is InChI=1S/C32H44FN7O3S/c1-32(2,3)12-17-40-29(42)24(44-30(40)22-7-6-8-23(33)26(22)34-14-18-38(4)5)19-25(41)39-15-10-20(11-16-39)21-9-13-35-28-27(21)36-31(43)37-28/h6-9,13,20,24,30,34H,10-12,14-19H2,1-5H3,(H2,35,36,37,43)/t24-,30?/m0/s1. The second kappa shape index (κ2) is 13.3. The van der Waals surface area contributed by atoms with Crippen molar-refractivity contribution in [1.82, 2.24) is 29.7 Å². The van der Waals surface area contributed by atoms with Crippen molar-refractivity contribution in [3.8, 4) is 0 Å². The Morgan fingerprint density at radius 1 is 1.14 bits per heavy atom. The molecule has 2 amide bonds. The average molecular weight is 626 g/mol. The number of amides is 2. The van der Waals surface area contributed by atoms with Crippen LogP contribution in [-0.2, 0) is 9.59 Å². The van der Waals surface area contributed by atoms with E-state index in [1.807, 2.05) is 40.9 Å². The predicted octanol–water partition coefficient (Wildman–Crippen LogP) is 4.54. The van der Waals surface area contributed by atoms with Gasteiger partial charge in [0.1, 0.15) is 11.2 Å². The van der Waals surface area contributed by atoms with Crippen LogP contribution in [0, 0.1) is 11.2 Å². The number of para-hydroxylation sites is 1. The van der Waals surface area contributed by atoms with Crippen molar-refractivity contribution in [3.05, 3.63) is 57.9 Å². The molecule has 12 heteroatoms. The smallest absolute Gasteiger partial charge is 0.325 e. The number of rotatable bonds is 10. The molecule has 10 nitrogen and oxygen atoms in total. The molecule has 2 aliphatic rings. The molecule has 4 heterocycles. The fourth-order valence-electron chi connectivity index (χ4n) is 6.01.